The zero-order chi connectivity index (χ0) is 10.8. The summed E-state index contributed by atoms with van der Waals surface area (Å²) in [6.07, 6.45) is 0.959. The molecule has 15 heavy (non-hydrogen) atoms. The van der Waals surface area contributed by atoms with Crippen molar-refractivity contribution in [2.45, 2.75) is 19.1 Å². The van der Waals surface area contributed by atoms with Gasteiger partial charge in [0.2, 0.25) is 0 Å². The van der Waals surface area contributed by atoms with Crippen LogP contribution in [0.4, 0.5) is 11.7 Å². The van der Waals surface area contributed by atoms with Crippen LogP contribution in [0.15, 0.2) is 10.6 Å². The van der Waals surface area contributed by atoms with Crippen LogP contribution in [0.3, 0.4) is 0 Å². The predicted molar refractivity (Wildman–Crippen MR) is 46.4 cm³/mol. The fourth-order valence-corrected chi connectivity index (χ4v) is 1.35. The normalized spacial score (nSPS) is 20.5. The second-order valence-corrected chi connectivity index (χ2v) is 3.09. The summed E-state index contributed by atoms with van der Waals surface area (Å²) in [6, 6.07) is 1.04. The molecule has 1 N–H and O–H groups in total. The Bertz CT molecular complexity index is 359. The summed E-state index contributed by atoms with van der Waals surface area (Å²) in [5.41, 5.74) is 0. The molecule has 0 unspecified atom stereocenters. The van der Waals surface area contributed by atoms with E-state index >= 15 is 0 Å². The van der Waals surface area contributed by atoms with E-state index in [9.17, 15) is 15.3 Å². The number of anilines is 1. The number of hydrogen-bond acceptors (Lipinski definition) is 7. The summed E-state index contributed by atoms with van der Waals surface area (Å²) in [5, 5.41) is 23.8. The maximum Gasteiger partial charge on any atom is 0.415 e. The molecule has 0 bridgehead atoms. The lowest BCUT2D eigenvalue weighted by molar-refractivity contribution is -0.390. The minimum Gasteiger partial charge on any atom is -0.358 e. The highest BCUT2D eigenvalue weighted by Gasteiger charge is 2.28. The summed E-state index contributed by atoms with van der Waals surface area (Å²) in [5.74, 6) is -0.532. The minimum absolute atomic E-state index is 0.0893. The molecule has 1 fully saturated rings. The van der Waals surface area contributed by atoms with Gasteiger partial charge in [-0.3, -0.25) is 5.21 Å². The van der Waals surface area contributed by atoms with Crippen molar-refractivity contribution in [3.05, 3.63) is 16.2 Å². The molecule has 0 amide bonds. The Balaban J connectivity index is 2.10. The van der Waals surface area contributed by atoms with E-state index in [1.165, 1.54) is 0 Å². The van der Waals surface area contributed by atoms with E-state index in [1.807, 2.05) is 0 Å². The first kappa shape index (κ1) is 9.87. The highest BCUT2D eigenvalue weighted by atomic mass is 16.6. The van der Waals surface area contributed by atoms with Crippen molar-refractivity contribution in [1.82, 2.24) is 5.16 Å². The molecule has 2 rings (SSSR count). The zero-order valence-corrected chi connectivity index (χ0v) is 7.70. The summed E-state index contributed by atoms with van der Waals surface area (Å²) < 4.78 is 9.76. The van der Waals surface area contributed by atoms with Crippen molar-refractivity contribution in [1.29, 1.82) is 0 Å². The molecule has 2 heterocycles. The van der Waals surface area contributed by atoms with Gasteiger partial charge in [-0.25, -0.2) is 4.52 Å². The lowest BCUT2D eigenvalue weighted by Crippen LogP contribution is -2.30. The number of hydroxylamine groups is 1. The minimum atomic E-state index is -0.698. The van der Waals surface area contributed by atoms with Crippen LogP contribution in [0.25, 0.3) is 0 Å². The predicted octanol–water partition coefficient (Wildman–Crippen LogP) is 0.915. The van der Waals surface area contributed by atoms with Crippen molar-refractivity contribution in [3.8, 4) is 0 Å². The summed E-state index contributed by atoms with van der Waals surface area (Å²) in [4.78, 5) is 9.61. The van der Waals surface area contributed by atoms with Gasteiger partial charge < -0.3 is 14.9 Å². The molecule has 0 saturated carbocycles. The third kappa shape index (κ3) is 1.90. The average molecular weight is 215 g/mol. The van der Waals surface area contributed by atoms with E-state index in [1.54, 1.807) is 0 Å². The van der Waals surface area contributed by atoms with Crippen LogP contribution in [0.2, 0.25) is 0 Å². The quantitative estimate of drug-likeness (QED) is 0.590. The standard InChI is InChI=1S/C7H9N3O5/c11-9(6-2-1-3-14-6)7-4-5(8-15-7)10(12)13/h4,6,11H,1-3H2/t6-/m1/s1. The molecule has 0 spiro atoms. The second-order valence-electron chi connectivity index (χ2n) is 3.09. The third-order valence-electron chi connectivity index (χ3n) is 2.08. The summed E-state index contributed by atoms with van der Waals surface area (Å²) in [6.45, 7) is 0.554. The number of aromatic nitrogens is 1. The maximum absolute atomic E-state index is 10.3. The molecule has 1 aromatic heterocycles. The van der Waals surface area contributed by atoms with Gasteiger partial charge in [-0.15, -0.1) is 0 Å². The summed E-state index contributed by atoms with van der Waals surface area (Å²) in [7, 11) is 0. The smallest absolute Gasteiger partial charge is 0.358 e. The molecule has 1 aromatic rings. The van der Waals surface area contributed by atoms with Gasteiger partial charge in [-0.2, -0.15) is 5.06 Å². The fourth-order valence-electron chi connectivity index (χ4n) is 1.35. The maximum atomic E-state index is 10.3. The average Bonchev–Trinajstić information content (AvgIpc) is 2.88. The van der Waals surface area contributed by atoms with Gasteiger partial charge in [-0.05, 0) is 17.8 Å². The van der Waals surface area contributed by atoms with Gasteiger partial charge in [0.15, 0.2) is 11.4 Å². The Morgan fingerprint density at radius 3 is 3.07 bits per heavy atom. The molecule has 8 heteroatoms. The largest absolute Gasteiger partial charge is 0.415 e. The summed E-state index contributed by atoms with van der Waals surface area (Å²) >= 11 is 0. The van der Waals surface area contributed by atoms with E-state index < -0.39 is 17.0 Å². The molecule has 8 nitrogen and oxygen atoms in total. The first-order valence-electron chi connectivity index (χ1n) is 4.39. The van der Waals surface area contributed by atoms with E-state index in [4.69, 9.17) is 4.74 Å². The SMILES string of the molecule is O=[N+]([O-])c1cc(N(O)[C@H]2CCCO2)on1. The highest BCUT2D eigenvalue weighted by molar-refractivity contribution is 5.38. The van der Waals surface area contributed by atoms with Gasteiger partial charge in [-0.1, -0.05) is 0 Å². The van der Waals surface area contributed by atoms with Crippen LogP contribution >= 0.6 is 0 Å². The van der Waals surface area contributed by atoms with Gasteiger partial charge in [0.25, 0.3) is 5.88 Å². The third-order valence-corrected chi connectivity index (χ3v) is 2.08. The first-order valence-corrected chi connectivity index (χ1v) is 4.39. The molecule has 1 aliphatic rings. The Labute approximate surface area is 84.1 Å². The van der Waals surface area contributed by atoms with Gasteiger partial charge in [0.1, 0.15) is 6.07 Å². The Kier molecular flexibility index (Phi) is 2.52. The Morgan fingerprint density at radius 2 is 2.53 bits per heavy atom. The van der Waals surface area contributed by atoms with Gasteiger partial charge in [0, 0.05) is 6.61 Å². The second kappa shape index (κ2) is 3.83. The molecule has 1 aliphatic heterocycles. The van der Waals surface area contributed by atoms with E-state index in [2.05, 4.69) is 9.68 Å². The van der Waals surface area contributed by atoms with Crippen LogP contribution in [0.5, 0.6) is 0 Å². The number of nitrogens with zero attached hydrogens (tertiary/aromatic N) is 3. The van der Waals surface area contributed by atoms with E-state index in [0.717, 1.165) is 12.5 Å². The molecule has 0 aromatic carbocycles. The molecule has 0 aliphatic carbocycles. The zero-order valence-electron chi connectivity index (χ0n) is 7.70. The number of rotatable bonds is 3. The van der Waals surface area contributed by atoms with Crippen molar-refractivity contribution in [3.63, 3.8) is 0 Å². The number of ether oxygens (including phenoxy) is 1. The Hall–Kier alpha value is -1.67. The van der Waals surface area contributed by atoms with E-state index in [0.29, 0.717) is 18.1 Å². The molecule has 0 radical (unpaired) electrons. The number of nitro groups is 1. The fraction of sp³-hybridized carbons (Fsp3) is 0.571. The van der Waals surface area contributed by atoms with Gasteiger partial charge in [0.05, 0.1) is 0 Å². The highest BCUT2D eigenvalue weighted by Crippen LogP contribution is 2.24. The van der Waals surface area contributed by atoms with Gasteiger partial charge >= 0.3 is 5.82 Å². The number of hydrogen-bond donors (Lipinski definition) is 1. The lowest BCUT2D eigenvalue weighted by atomic mass is 10.3. The van der Waals surface area contributed by atoms with Crippen molar-refractivity contribution in [2.24, 2.45) is 0 Å². The molecular weight excluding hydrogens is 206 g/mol. The van der Waals surface area contributed by atoms with E-state index in [-0.39, 0.29) is 5.88 Å². The Morgan fingerprint density at radius 1 is 1.73 bits per heavy atom. The van der Waals surface area contributed by atoms with Crippen molar-refractivity contribution >= 4 is 11.7 Å². The topological polar surface area (TPSA) is 102 Å². The van der Waals surface area contributed by atoms with Crippen molar-refractivity contribution < 1.29 is 19.4 Å². The van der Waals surface area contributed by atoms with Crippen LogP contribution in [-0.4, -0.2) is 28.1 Å². The molecule has 1 saturated heterocycles. The molecular formula is C7H9N3O5. The van der Waals surface area contributed by atoms with Crippen LogP contribution in [-0.2, 0) is 4.74 Å². The lowest BCUT2D eigenvalue weighted by Gasteiger charge is -2.18. The van der Waals surface area contributed by atoms with Crippen LogP contribution < -0.4 is 5.06 Å². The van der Waals surface area contributed by atoms with Crippen LogP contribution in [0, 0.1) is 10.1 Å². The molecule has 1 atom stereocenters. The van der Waals surface area contributed by atoms with Crippen LogP contribution in [0.1, 0.15) is 12.8 Å². The van der Waals surface area contributed by atoms with Crippen molar-refractivity contribution in [2.75, 3.05) is 11.7 Å². The monoisotopic (exact) mass is 215 g/mol. The molecule has 82 valence electrons. The first-order chi connectivity index (χ1) is 7.18.